The molecule has 0 aromatic heterocycles. The van der Waals surface area contributed by atoms with Crippen LogP contribution in [0.2, 0.25) is 0 Å². The number of esters is 1. The van der Waals surface area contributed by atoms with E-state index >= 15 is 0 Å². The number of ether oxygens (including phenoxy) is 3. The van der Waals surface area contributed by atoms with Gasteiger partial charge in [0.05, 0.1) is 13.2 Å². The van der Waals surface area contributed by atoms with E-state index in [1.54, 1.807) is 6.08 Å². The average molecular weight is 296 g/mol. The van der Waals surface area contributed by atoms with Gasteiger partial charge in [-0.1, -0.05) is 25.5 Å². The fourth-order valence-corrected chi connectivity index (χ4v) is 2.12. The minimum absolute atomic E-state index is 0.0727. The standard InChI is InChI=1S/C17H28O4/c1-3-5-9-15(14-16(18)19-4-2)10-8-13-21-17-11-6-7-12-20-17/h8,10,14,17H,3-7,9,11-13H2,1-2H3/b10-8+,15-14+. The van der Waals surface area contributed by atoms with Gasteiger partial charge in [0.2, 0.25) is 0 Å². The number of unbranched alkanes of at least 4 members (excludes halogenated alkanes) is 1. The van der Waals surface area contributed by atoms with Crippen LogP contribution in [0.3, 0.4) is 0 Å². The molecule has 0 aromatic carbocycles. The van der Waals surface area contributed by atoms with Crippen LogP contribution in [0.5, 0.6) is 0 Å². The molecule has 4 heteroatoms. The number of hydrogen-bond acceptors (Lipinski definition) is 4. The monoisotopic (exact) mass is 296 g/mol. The van der Waals surface area contributed by atoms with Gasteiger partial charge in [-0.05, 0) is 44.6 Å². The largest absolute Gasteiger partial charge is 0.463 e. The summed E-state index contributed by atoms with van der Waals surface area (Å²) in [6.45, 7) is 5.65. The zero-order valence-electron chi connectivity index (χ0n) is 13.3. The molecule has 1 unspecified atom stereocenters. The van der Waals surface area contributed by atoms with Crippen LogP contribution in [0, 0.1) is 0 Å². The highest BCUT2D eigenvalue weighted by Crippen LogP contribution is 2.14. The molecule has 120 valence electrons. The predicted octanol–water partition coefficient (Wildman–Crippen LogP) is 3.77. The summed E-state index contributed by atoms with van der Waals surface area (Å²) < 4.78 is 16.1. The van der Waals surface area contributed by atoms with Crippen molar-refractivity contribution in [2.45, 2.75) is 58.7 Å². The van der Waals surface area contributed by atoms with Crippen LogP contribution in [0.15, 0.2) is 23.8 Å². The molecular weight excluding hydrogens is 268 g/mol. The zero-order valence-corrected chi connectivity index (χ0v) is 13.3. The summed E-state index contributed by atoms with van der Waals surface area (Å²) >= 11 is 0. The predicted molar refractivity (Wildman–Crippen MR) is 82.9 cm³/mol. The first kappa shape index (κ1) is 17.9. The summed E-state index contributed by atoms with van der Waals surface area (Å²) in [5, 5.41) is 0. The van der Waals surface area contributed by atoms with Crippen molar-refractivity contribution in [2.75, 3.05) is 19.8 Å². The second-order valence-electron chi connectivity index (χ2n) is 5.11. The number of carbonyl (C=O) groups is 1. The fraction of sp³-hybridized carbons (Fsp3) is 0.706. The van der Waals surface area contributed by atoms with E-state index in [9.17, 15) is 4.79 Å². The normalized spacial score (nSPS) is 19.9. The van der Waals surface area contributed by atoms with Gasteiger partial charge in [0.1, 0.15) is 0 Å². The Morgan fingerprint density at radius 1 is 1.33 bits per heavy atom. The quantitative estimate of drug-likeness (QED) is 0.369. The van der Waals surface area contributed by atoms with Crippen molar-refractivity contribution >= 4 is 5.97 Å². The van der Waals surface area contributed by atoms with Crippen LogP contribution in [0.4, 0.5) is 0 Å². The lowest BCUT2D eigenvalue weighted by Gasteiger charge is -2.21. The first-order valence-electron chi connectivity index (χ1n) is 8.03. The molecule has 0 saturated carbocycles. The highest BCUT2D eigenvalue weighted by Gasteiger charge is 2.12. The summed E-state index contributed by atoms with van der Waals surface area (Å²) in [4.78, 5) is 11.5. The van der Waals surface area contributed by atoms with Crippen molar-refractivity contribution in [3.8, 4) is 0 Å². The minimum atomic E-state index is -0.273. The minimum Gasteiger partial charge on any atom is -0.463 e. The van der Waals surface area contributed by atoms with Crippen molar-refractivity contribution < 1.29 is 19.0 Å². The second-order valence-corrected chi connectivity index (χ2v) is 5.11. The van der Waals surface area contributed by atoms with E-state index < -0.39 is 0 Å². The molecule has 1 saturated heterocycles. The Bertz CT molecular complexity index is 341. The summed E-state index contributed by atoms with van der Waals surface area (Å²) in [7, 11) is 0. The van der Waals surface area contributed by atoms with Gasteiger partial charge in [-0.2, -0.15) is 0 Å². The molecule has 1 atom stereocenters. The summed E-state index contributed by atoms with van der Waals surface area (Å²) in [6, 6.07) is 0. The molecule has 0 aliphatic carbocycles. The van der Waals surface area contributed by atoms with Crippen molar-refractivity contribution in [1.29, 1.82) is 0 Å². The average Bonchev–Trinajstić information content (AvgIpc) is 2.50. The van der Waals surface area contributed by atoms with E-state index in [1.165, 1.54) is 6.42 Å². The first-order chi connectivity index (χ1) is 10.3. The van der Waals surface area contributed by atoms with Gasteiger partial charge in [-0.25, -0.2) is 4.79 Å². The number of hydrogen-bond donors (Lipinski definition) is 0. The molecule has 1 aliphatic heterocycles. The summed E-state index contributed by atoms with van der Waals surface area (Å²) in [5.41, 5.74) is 0.989. The highest BCUT2D eigenvalue weighted by atomic mass is 16.7. The molecule has 1 aliphatic rings. The lowest BCUT2D eigenvalue weighted by atomic mass is 10.1. The molecule has 0 aromatic rings. The number of carbonyl (C=O) groups excluding carboxylic acids is 1. The molecule has 1 fully saturated rings. The van der Waals surface area contributed by atoms with Gasteiger partial charge in [0.25, 0.3) is 0 Å². The smallest absolute Gasteiger partial charge is 0.331 e. The van der Waals surface area contributed by atoms with Crippen LogP contribution in [-0.2, 0) is 19.0 Å². The first-order valence-corrected chi connectivity index (χ1v) is 8.03. The Morgan fingerprint density at radius 3 is 2.86 bits per heavy atom. The van der Waals surface area contributed by atoms with Crippen LogP contribution < -0.4 is 0 Å². The Morgan fingerprint density at radius 2 is 2.19 bits per heavy atom. The molecule has 1 rings (SSSR count). The van der Waals surface area contributed by atoms with Gasteiger partial charge in [-0.3, -0.25) is 0 Å². The van der Waals surface area contributed by atoms with Crippen molar-refractivity contribution in [3.63, 3.8) is 0 Å². The van der Waals surface area contributed by atoms with Gasteiger partial charge in [-0.15, -0.1) is 0 Å². The molecule has 0 bridgehead atoms. The van der Waals surface area contributed by atoms with Crippen LogP contribution in [-0.4, -0.2) is 32.1 Å². The van der Waals surface area contributed by atoms with Gasteiger partial charge in [0.15, 0.2) is 6.29 Å². The topological polar surface area (TPSA) is 44.8 Å². The van der Waals surface area contributed by atoms with E-state index in [0.717, 1.165) is 44.3 Å². The SMILES string of the molecule is CCCCC(/C=C/COC1CCCCO1)=C\C(=O)OCC. The van der Waals surface area contributed by atoms with Crippen LogP contribution in [0.25, 0.3) is 0 Å². The molecule has 0 N–H and O–H groups in total. The van der Waals surface area contributed by atoms with Gasteiger partial charge in [0, 0.05) is 12.7 Å². The molecule has 21 heavy (non-hydrogen) atoms. The molecule has 1 heterocycles. The maximum absolute atomic E-state index is 11.5. The third-order valence-corrected chi connectivity index (χ3v) is 3.26. The Balaban J connectivity index is 2.38. The maximum atomic E-state index is 11.5. The second kappa shape index (κ2) is 11.5. The number of rotatable bonds is 9. The fourth-order valence-electron chi connectivity index (χ4n) is 2.12. The lowest BCUT2D eigenvalue weighted by Crippen LogP contribution is -2.22. The Labute approximate surface area is 128 Å². The Kier molecular flexibility index (Phi) is 9.83. The van der Waals surface area contributed by atoms with E-state index in [4.69, 9.17) is 14.2 Å². The molecular formula is C17H28O4. The summed E-state index contributed by atoms with van der Waals surface area (Å²) in [6.07, 6.45) is 11.7. The zero-order chi connectivity index (χ0) is 15.3. The van der Waals surface area contributed by atoms with Crippen LogP contribution >= 0.6 is 0 Å². The van der Waals surface area contributed by atoms with Crippen molar-refractivity contribution in [1.82, 2.24) is 0 Å². The van der Waals surface area contributed by atoms with Gasteiger partial charge < -0.3 is 14.2 Å². The highest BCUT2D eigenvalue weighted by molar-refractivity contribution is 5.83. The summed E-state index contributed by atoms with van der Waals surface area (Å²) in [5.74, 6) is -0.273. The third kappa shape index (κ3) is 8.68. The number of allylic oxidation sites excluding steroid dienone is 2. The van der Waals surface area contributed by atoms with E-state index in [2.05, 4.69) is 6.92 Å². The van der Waals surface area contributed by atoms with Crippen LogP contribution in [0.1, 0.15) is 52.4 Å². The van der Waals surface area contributed by atoms with E-state index in [1.807, 2.05) is 19.1 Å². The Hall–Kier alpha value is -1.13. The van der Waals surface area contributed by atoms with Crippen molar-refractivity contribution in [2.24, 2.45) is 0 Å². The molecule has 0 radical (unpaired) electrons. The molecule has 0 amide bonds. The third-order valence-electron chi connectivity index (χ3n) is 3.26. The van der Waals surface area contributed by atoms with E-state index in [0.29, 0.717) is 13.2 Å². The van der Waals surface area contributed by atoms with Crippen molar-refractivity contribution in [3.05, 3.63) is 23.8 Å². The van der Waals surface area contributed by atoms with E-state index in [-0.39, 0.29) is 12.3 Å². The maximum Gasteiger partial charge on any atom is 0.331 e. The van der Waals surface area contributed by atoms with Gasteiger partial charge >= 0.3 is 5.97 Å². The lowest BCUT2D eigenvalue weighted by molar-refractivity contribution is -0.155. The molecule has 4 nitrogen and oxygen atoms in total. The molecule has 0 spiro atoms.